The second kappa shape index (κ2) is 5.65. The molecule has 0 aliphatic rings. The van der Waals surface area contributed by atoms with Gasteiger partial charge in [0.05, 0.1) is 0 Å². The molecule has 0 spiro atoms. The third-order valence-electron chi connectivity index (χ3n) is 1.75. The molecule has 1 aromatic rings. The van der Waals surface area contributed by atoms with Crippen LogP contribution in [0.4, 0.5) is 19.1 Å². The molecule has 0 saturated carbocycles. The highest BCUT2D eigenvalue weighted by Crippen LogP contribution is 2.19. The van der Waals surface area contributed by atoms with Crippen molar-refractivity contribution >= 4 is 28.5 Å². The lowest BCUT2D eigenvalue weighted by atomic mass is 10.4. The average Bonchev–Trinajstić information content (AvgIpc) is 2.16. The van der Waals surface area contributed by atoms with Crippen LogP contribution in [0.2, 0.25) is 0 Å². The van der Waals surface area contributed by atoms with Gasteiger partial charge in [-0.15, -0.1) is 0 Å². The summed E-state index contributed by atoms with van der Waals surface area (Å²) in [6, 6.07) is 0. The lowest BCUT2D eigenvalue weighted by molar-refractivity contribution is -0.119. The molecule has 0 fully saturated rings. The summed E-state index contributed by atoms with van der Waals surface area (Å²) in [4.78, 5) is 8.91. The summed E-state index contributed by atoms with van der Waals surface area (Å²) in [5.74, 6) is 0.125. The fourth-order valence-corrected chi connectivity index (χ4v) is 1.48. The first-order chi connectivity index (χ1) is 7.42. The fraction of sp³-hybridized carbons (Fsp3) is 0.556. The minimum absolute atomic E-state index is 0.125. The van der Waals surface area contributed by atoms with Crippen LogP contribution in [0, 0.1) is 3.57 Å². The fourth-order valence-electron chi connectivity index (χ4n) is 1.20. The molecule has 0 saturated heterocycles. The minimum atomic E-state index is -4.23. The summed E-state index contributed by atoms with van der Waals surface area (Å²) in [5.41, 5.74) is 0. The van der Waals surface area contributed by atoms with Gasteiger partial charge in [-0.2, -0.15) is 13.2 Å². The zero-order valence-corrected chi connectivity index (χ0v) is 10.8. The molecule has 0 radical (unpaired) electrons. The number of alkyl halides is 3. The molecule has 1 rings (SSSR count). The van der Waals surface area contributed by atoms with Crippen LogP contribution in [0.15, 0.2) is 12.4 Å². The maximum Gasteiger partial charge on any atom is 0.406 e. The summed E-state index contributed by atoms with van der Waals surface area (Å²) < 4.78 is 37.7. The van der Waals surface area contributed by atoms with Gasteiger partial charge < -0.3 is 4.90 Å². The number of anilines is 1. The lowest BCUT2D eigenvalue weighted by Crippen LogP contribution is -2.36. The second-order valence-electron chi connectivity index (χ2n) is 3.24. The molecule has 1 heterocycles. The summed E-state index contributed by atoms with van der Waals surface area (Å²) in [7, 11) is 0. The molecule has 0 N–H and O–H groups in total. The van der Waals surface area contributed by atoms with E-state index >= 15 is 0 Å². The van der Waals surface area contributed by atoms with E-state index in [0.29, 0.717) is 13.0 Å². The Kier molecular flexibility index (Phi) is 4.75. The molecule has 1 aromatic heterocycles. The number of rotatable bonds is 4. The van der Waals surface area contributed by atoms with Crippen LogP contribution in [0.1, 0.15) is 13.3 Å². The molecule has 90 valence electrons. The van der Waals surface area contributed by atoms with E-state index < -0.39 is 12.7 Å². The highest BCUT2D eigenvalue weighted by atomic mass is 127. The Balaban J connectivity index is 2.80. The van der Waals surface area contributed by atoms with Crippen LogP contribution < -0.4 is 4.90 Å². The maximum atomic E-state index is 12.3. The van der Waals surface area contributed by atoms with Crippen molar-refractivity contribution in [2.45, 2.75) is 19.5 Å². The Morgan fingerprint density at radius 1 is 1.31 bits per heavy atom. The first-order valence-electron chi connectivity index (χ1n) is 4.71. The molecule has 0 atom stereocenters. The maximum absolute atomic E-state index is 12.3. The van der Waals surface area contributed by atoms with Crippen LogP contribution in [-0.4, -0.2) is 29.2 Å². The standard InChI is InChI=1S/C9H11F3IN3/c1-2-3-16(6-9(10,11)12)8-14-4-7(13)5-15-8/h4-5H,2-3,6H2,1H3. The topological polar surface area (TPSA) is 29.0 Å². The number of hydrogen-bond acceptors (Lipinski definition) is 3. The van der Waals surface area contributed by atoms with Crippen LogP contribution in [0.3, 0.4) is 0 Å². The summed E-state index contributed by atoms with van der Waals surface area (Å²) in [5, 5.41) is 0. The monoisotopic (exact) mass is 345 g/mol. The van der Waals surface area contributed by atoms with Crippen molar-refractivity contribution in [3.05, 3.63) is 16.0 Å². The van der Waals surface area contributed by atoms with Crippen molar-refractivity contribution in [2.24, 2.45) is 0 Å². The summed E-state index contributed by atoms with van der Waals surface area (Å²) in [6.45, 7) is 1.09. The van der Waals surface area contributed by atoms with Gasteiger partial charge in [0, 0.05) is 22.5 Å². The second-order valence-corrected chi connectivity index (χ2v) is 4.48. The van der Waals surface area contributed by atoms with Gasteiger partial charge in [0.1, 0.15) is 6.54 Å². The lowest BCUT2D eigenvalue weighted by Gasteiger charge is -2.22. The van der Waals surface area contributed by atoms with E-state index in [2.05, 4.69) is 9.97 Å². The first-order valence-corrected chi connectivity index (χ1v) is 5.79. The summed E-state index contributed by atoms with van der Waals surface area (Å²) >= 11 is 2.00. The number of halogens is 4. The van der Waals surface area contributed by atoms with Crippen LogP contribution in [0.5, 0.6) is 0 Å². The summed E-state index contributed by atoms with van der Waals surface area (Å²) in [6.07, 6.45) is -0.614. The molecule has 0 aromatic carbocycles. The van der Waals surface area contributed by atoms with E-state index in [9.17, 15) is 13.2 Å². The normalized spacial score (nSPS) is 11.6. The van der Waals surface area contributed by atoms with Crippen molar-refractivity contribution in [3.8, 4) is 0 Å². The minimum Gasteiger partial charge on any atom is -0.332 e. The van der Waals surface area contributed by atoms with E-state index in [0.717, 1.165) is 8.47 Å². The molecular weight excluding hydrogens is 334 g/mol. The zero-order valence-electron chi connectivity index (χ0n) is 8.63. The first kappa shape index (κ1) is 13.5. The van der Waals surface area contributed by atoms with Gasteiger partial charge in [-0.1, -0.05) is 6.92 Å². The van der Waals surface area contributed by atoms with Crippen molar-refractivity contribution in [3.63, 3.8) is 0 Å². The van der Waals surface area contributed by atoms with E-state index in [1.54, 1.807) is 0 Å². The zero-order chi connectivity index (χ0) is 12.2. The Morgan fingerprint density at radius 3 is 2.31 bits per heavy atom. The van der Waals surface area contributed by atoms with Crippen LogP contribution in [-0.2, 0) is 0 Å². The number of nitrogens with zero attached hydrogens (tertiary/aromatic N) is 3. The van der Waals surface area contributed by atoms with Gasteiger partial charge in [0.2, 0.25) is 5.95 Å². The van der Waals surface area contributed by atoms with Crippen molar-refractivity contribution in [2.75, 3.05) is 18.0 Å². The molecular formula is C9H11F3IN3. The quantitative estimate of drug-likeness (QED) is 0.786. The SMILES string of the molecule is CCCN(CC(F)(F)F)c1ncc(I)cn1. The largest absolute Gasteiger partial charge is 0.406 e. The molecule has 16 heavy (non-hydrogen) atoms. The molecule has 3 nitrogen and oxygen atoms in total. The van der Waals surface area contributed by atoms with Crippen molar-refractivity contribution in [1.82, 2.24) is 9.97 Å². The predicted octanol–water partition coefficient (Wildman–Crippen LogP) is 2.86. The average molecular weight is 345 g/mol. The molecule has 0 aliphatic carbocycles. The molecule has 0 bridgehead atoms. The molecule has 0 amide bonds. The Bertz CT molecular complexity index is 326. The number of aromatic nitrogens is 2. The van der Waals surface area contributed by atoms with Gasteiger partial charge in [-0.25, -0.2) is 9.97 Å². The Morgan fingerprint density at radius 2 is 1.88 bits per heavy atom. The molecule has 7 heteroatoms. The highest BCUT2D eigenvalue weighted by Gasteiger charge is 2.31. The Hall–Kier alpha value is -0.600. The van der Waals surface area contributed by atoms with Gasteiger partial charge in [-0.3, -0.25) is 0 Å². The van der Waals surface area contributed by atoms with Crippen molar-refractivity contribution in [1.29, 1.82) is 0 Å². The van der Waals surface area contributed by atoms with E-state index in [-0.39, 0.29) is 5.95 Å². The van der Waals surface area contributed by atoms with Crippen molar-refractivity contribution < 1.29 is 13.2 Å². The smallest absolute Gasteiger partial charge is 0.332 e. The van der Waals surface area contributed by atoms with E-state index in [1.807, 2.05) is 29.5 Å². The van der Waals surface area contributed by atoms with Crippen LogP contribution >= 0.6 is 22.6 Å². The van der Waals surface area contributed by atoms with Crippen LogP contribution in [0.25, 0.3) is 0 Å². The molecule has 0 aliphatic heterocycles. The Labute approximate surface area is 105 Å². The van der Waals surface area contributed by atoms with E-state index in [1.165, 1.54) is 12.4 Å². The van der Waals surface area contributed by atoms with Gasteiger partial charge in [0.25, 0.3) is 0 Å². The van der Waals surface area contributed by atoms with Gasteiger partial charge in [-0.05, 0) is 29.0 Å². The van der Waals surface area contributed by atoms with Gasteiger partial charge in [0.15, 0.2) is 0 Å². The van der Waals surface area contributed by atoms with E-state index in [4.69, 9.17) is 0 Å². The third-order valence-corrected chi connectivity index (χ3v) is 2.31. The third kappa shape index (κ3) is 4.50. The number of hydrogen-bond donors (Lipinski definition) is 0. The predicted molar refractivity (Wildman–Crippen MR) is 63.3 cm³/mol. The molecule has 0 unspecified atom stereocenters. The van der Waals surface area contributed by atoms with Gasteiger partial charge >= 0.3 is 6.18 Å². The highest BCUT2D eigenvalue weighted by molar-refractivity contribution is 14.1.